The van der Waals surface area contributed by atoms with Gasteiger partial charge in [0.1, 0.15) is 6.61 Å². The SMILES string of the molecule is CCNCC(C)(O)COCC(F)(F)F. The molecule has 0 rings (SSSR count). The number of alkyl halides is 3. The molecule has 0 radical (unpaired) electrons. The van der Waals surface area contributed by atoms with Crippen LogP contribution in [0.25, 0.3) is 0 Å². The van der Waals surface area contributed by atoms with E-state index in [0.717, 1.165) is 0 Å². The molecular formula is C8H16F3NO2. The van der Waals surface area contributed by atoms with Crippen molar-refractivity contribution in [3.05, 3.63) is 0 Å². The van der Waals surface area contributed by atoms with Crippen molar-refractivity contribution in [1.82, 2.24) is 5.32 Å². The van der Waals surface area contributed by atoms with E-state index in [0.29, 0.717) is 6.54 Å². The minimum Gasteiger partial charge on any atom is -0.386 e. The largest absolute Gasteiger partial charge is 0.411 e. The van der Waals surface area contributed by atoms with Crippen LogP contribution in [0, 0.1) is 0 Å². The van der Waals surface area contributed by atoms with Crippen LogP contribution < -0.4 is 5.32 Å². The second kappa shape index (κ2) is 5.53. The summed E-state index contributed by atoms with van der Waals surface area (Å²) in [5.74, 6) is 0. The normalized spacial score (nSPS) is 16.7. The van der Waals surface area contributed by atoms with Crippen molar-refractivity contribution in [3.63, 3.8) is 0 Å². The lowest BCUT2D eigenvalue weighted by atomic mass is 10.1. The average molecular weight is 215 g/mol. The standard InChI is InChI=1S/C8H16F3NO2/c1-3-12-4-7(2,13)5-14-6-8(9,10)11/h12-13H,3-6H2,1-2H3. The summed E-state index contributed by atoms with van der Waals surface area (Å²) in [5.41, 5.74) is -1.26. The summed E-state index contributed by atoms with van der Waals surface area (Å²) in [4.78, 5) is 0. The first-order valence-electron chi connectivity index (χ1n) is 4.34. The second-order valence-corrected chi connectivity index (χ2v) is 3.39. The van der Waals surface area contributed by atoms with Gasteiger partial charge in [-0.2, -0.15) is 13.2 Å². The van der Waals surface area contributed by atoms with E-state index >= 15 is 0 Å². The Kier molecular flexibility index (Phi) is 5.40. The van der Waals surface area contributed by atoms with E-state index in [1.54, 1.807) is 0 Å². The topological polar surface area (TPSA) is 41.5 Å². The molecule has 0 heterocycles. The van der Waals surface area contributed by atoms with E-state index in [1.807, 2.05) is 6.92 Å². The Morgan fingerprint density at radius 2 is 1.86 bits per heavy atom. The molecule has 0 aliphatic carbocycles. The fourth-order valence-electron chi connectivity index (χ4n) is 0.832. The summed E-state index contributed by atoms with van der Waals surface area (Å²) in [6.45, 7) is 2.46. The quantitative estimate of drug-likeness (QED) is 0.692. The summed E-state index contributed by atoms with van der Waals surface area (Å²) in [5, 5.41) is 12.3. The molecule has 0 aromatic heterocycles. The molecule has 6 heteroatoms. The molecule has 1 unspecified atom stereocenters. The maximum Gasteiger partial charge on any atom is 0.411 e. The highest BCUT2D eigenvalue weighted by atomic mass is 19.4. The van der Waals surface area contributed by atoms with E-state index in [1.165, 1.54) is 6.92 Å². The molecule has 0 fully saturated rings. The summed E-state index contributed by atoms with van der Waals surface area (Å²) in [7, 11) is 0. The van der Waals surface area contributed by atoms with Crippen molar-refractivity contribution in [3.8, 4) is 0 Å². The van der Waals surface area contributed by atoms with Gasteiger partial charge in [-0.05, 0) is 13.5 Å². The number of nitrogens with one attached hydrogen (secondary N) is 1. The highest BCUT2D eigenvalue weighted by molar-refractivity contribution is 4.74. The van der Waals surface area contributed by atoms with E-state index in [-0.39, 0.29) is 13.2 Å². The van der Waals surface area contributed by atoms with Crippen LogP contribution >= 0.6 is 0 Å². The highest BCUT2D eigenvalue weighted by Crippen LogP contribution is 2.15. The minimum absolute atomic E-state index is 0.210. The zero-order valence-corrected chi connectivity index (χ0v) is 8.32. The summed E-state index contributed by atoms with van der Waals surface area (Å²) >= 11 is 0. The minimum atomic E-state index is -4.34. The van der Waals surface area contributed by atoms with Gasteiger partial charge in [-0.1, -0.05) is 6.92 Å². The number of likely N-dealkylation sites (N-methyl/N-ethyl adjacent to an activating group) is 1. The van der Waals surface area contributed by atoms with E-state index in [4.69, 9.17) is 0 Å². The van der Waals surface area contributed by atoms with Gasteiger partial charge in [0.05, 0.1) is 12.2 Å². The zero-order chi connectivity index (χ0) is 11.2. The van der Waals surface area contributed by atoms with Crippen LogP contribution in [0.2, 0.25) is 0 Å². The van der Waals surface area contributed by atoms with Crippen LogP contribution in [0.4, 0.5) is 13.2 Å². The summed E-state index contributed by atoms with van der Waals surface area (Å²) < 4.78 is 39.3. The first-order chi connectivity index (χ1) is 6.27. The molecular weight excluding hydrogens is 199 g/mol. The second-order valence-electron chi connectivity index (χ2n) is 3.39. The third kappa shape index (κ3) is 8.28. The van der Waals surface area contributed by atoms with Gasteiger partial charge < -0.3 is 15.2 Å². The molecule has 0 bridgehead atoms. The van der Waals surface area contributed by atoms with Gasteiger partial charge in [0.15, 0.2) is 0 Å². The van der Waals surface area contributed by atoms with Gasteiger partial charge in [-0.3, -0.25) is 0 Å². The monoisotopic (exact) mass is 215 g/mol. The van der Waals surface area contributed by atoms with Gasteiger partial charge in [0.2, 0.25) is 0 Å². The molecule has 2 N–H and O–H groups in total. The van der Waals surface area contributed by atoms with Crippen LogP contribution in [0.15, 0.2) is 0 Å². The Morgan fingerprint density at radius 3 is 2.29 bits per heavy atom. The van der Waals surface area contributed by atoms with Gasteiger partial charge in [0, 0.05) is 6.54 Å². The fourth-order valence-corrected chi connectivity index (χ4v) is 0.832. The number of halogens is 3. The predicted octanol–water partition coefficient (Wildman–Crippen LogP) is 0.926. The van der Waals surface area contributed by atoms with Gasteiger partial charge in [-0.25, -0.2) is 0 Å². The van der Waals surface area contributed by atoms with Gasteiger partial charge in [0.25, 0.3) is 0 Å². The van der Waals surface area contributed by atoms with Crippen LogP contribution in [0.1, 0.15) is 13.8 Å². The van der Waals surface area contributed by atoms with Crippen molar-refractivity contribution in [2.24, 2.45) is 0 Å². The zero-order valence-electron chi connectivity index (χ0n) is 8.32. The van der Waals surface area contributed by atoms with Crippen LogP contribution in [0.5, 0.6) is 0 Å². The van der Waals surface area contributed by atoms with Crippen molar-refractivity contribution < 1.29 is 23.0 Å². The number of rotatable bonds is 6. The average Bonchev–Trinajstić information content (AvgIpc) is 1.98. The van der Waals surface area contributed by atoms with E-state index in [9.17, 15) is 18.3 Å². The Balaban J connectivity index is 3.65. The highest BCUT2D eigenvalue weighted by Gasteiger charge is 2.29. The molecule has 0 spiro atoms. The predicted molar refractivity (Wildman–Crippen MR) is 46.0 cm³/mol. The molecule has 0 aliphatic rings. The first kappa shape index (κ1) is 13.7. The maximum atomic E-state index is 11.7. The number of hydrogen-bond acceptors (Lipinski definition) is 3. The first-order valence-corrected chi connectivity index (χ1v) is 4.34. The third-order valence-corrected chi connectivity index (χ3v) is 1.43. The van der Waals surface area contributed by atoms with Crippen molar-refractivity contribution in [2.75, 3.05) is 26.3 Å². The number of aliphatic hydroxyl groups is 1. The Labute approximate surface area is 81.2 Å². The van der Waals surface area contributed by atoms with Crippen molar-refractivity contribution in [1.29, 1.82) is 0 Å². The molecule has 0 saturated heterocycles. The van der Waals surface area contributed by atoms with E-state index < -0.39 is 18.4 Å². The fraction of sp³-hybridized carbons (Fsp3) is 1.00. The van der Waals surface area contributed by atoms with Crippen molar-refractivity contribution in [2.45, 2.75) is 25.6 Å². The molecule has 0 aromatic rings. The Morgan fingerprint density at radius 1 is 1.29 bits per heavy atom. The molecule has 3 nitrogen and oxygen atoms in total. The molecule has 0 aliphatic heterocycles. The van der Waals surface area contributed by atoms with Gasteiger partial charge >= 0.3 is 6.18 Å². The Bertz CT molecular complexity index is 159. The lowest BCUT2D eigenvalue weighted by molar-refractivity contribution is -0.185. The van der Waals surface area contributed by atoms with Crippen molar-refractivity contribution >= 4 is 0 Å². The third-order valence-electron chi connectivity index (χ3n) is 1.43. The molecule has 14 heavy (non-hydrogen) atoms. The molecule has 0 amide bonds. The smallest absolute Gasteiger partial charge is 0.386 e. The van der Waals surface area contributed by atoms with Gasteiger partial charge in [-0.15, -0.1) is 0 Å². The molecule has 86 valence electrons. The van der Waals surface area contributed by atoms with E-state index in [2.05, 4.69) is 10.1 Å². The molecule has 1 atom stereocenters. The summed E-state index contributed by atoms with van der Waals surface area (Å²) in [6, 6.07) is 0. The van der Waals surface area contributed by atoms with Crippen LogP contribution in [-0.4, -0.2) is 43.2 Å². The molecule has 0 aromatic carbocycles. The van der Waals surface area contributed by atoms with Crippen LogP contribution in [-0.2, 0) is 4.74 Å². The van der Waals surface area contributed by atoms with Crippen LogP contribution in [0.3, 0.4) is 0 Å². The molecule has 0 saturated carbocycles. The lowest BCUT2D eigenvalue weighted by Crippen LogP contribution is -2.42. The lowest BCUT2D eigenvalue weighted by Gasteiger charge is -2.23. The number of ether oxygens (including phenoxy) is 1. The Hall–Kier alpha value is -0.330. The maximum absolute atomic E-state index is 11.7. The number of hydrogen-bond donors (Lipinski definition) is 2. The summed E-state index contributed by atoms with van der Waals surface area (Å²) in [6.07, 6.45) is -4.34.